The van der Waals surface area contributed by atoms with Crippen LogP contribution in [-0.4, -0.2) is 18.2 Å². The Hall–Kier alpha value is -2.28. The number of hydrogen-bond donors (Lipinski definition) is 3. The highest BCUT2D eigenvalue weighted by atomic mass is 79.9. The van der Waals surface area contributed by atoms with Gasteiger partial charge in [0.1, 0.15) is 17.6 Å². The minimum atomic E-state index is -3.13. The SMILES string of the molecule is N#C/C(=N\Nc1cc(F)cc(Br)c1OC(F)F)C(=N)N. The average molecular weight is 350 g/mol. The van der Waals surface area contributed by atoms with Crippen molar-refractivity contribution in [2.24, 2.45) is 10.8 Å². The minimum Gasteiger partial charge on any atom is -0.431 e. The molecule has 20 heavy (non-hydrogen) atoms. The fourth-order valence-electron chi connectivity index (χ4n) is 1.11. The van der Waals surface area contributed by atoms with Crippen LogP contribution in [-0.2, 0) is 0 Å². The minimum absolute atomic E-state index is 0.0724. The highest BCUT2D eigenvalue weighted by Crippen LogP contribution is 2.35. The van der Waals surface area contributed by atoms with E-state index >= 15 is 0 Å². The van der Waals surface area contributed by atoms with E-state index in [1.54, 1.807) is 0 Å². The summed E-state index contributed by atoms with van der Waals surface area (Å²) in [7, 11) is 0. The summed E-state index contributed by atoms with van der Waals surface area (Å²) in [6, 6.07) is 3.26. The van der Waals surface area contributed by atoms with Crippen molar-refractivity contribution in [1.29, 1.82) is 10.7 Å². The molecule has 0 aliphatic carbocycles. The van der Waals surface area contributed by atoms with Gasteiger partial charge in [-0.15, -0.1) is 0 Å². The first-order chi connectivity index (χ1) is 9.35. The van der Waals surface area contributed by atoms with Crippen LogP contribution < -0.4 is 15.9 Å². The number of amidine groups is 1. The Morgan fingerprint density at radius 2 is 2.20 bits per heavy atom. The van der Waals surface area contributed by atoms with Gasteiger partial charge in [-0.1, -0.05) is 0 Å². The van der Waals surface area contributed by atoms with Gasteiger partial charge in [0, 0.05) is 6.07 Å². The lowest BCUT2D eigenvalue weighted by Crippen LogP contribution is -2.22. The maximum atomic E-state index is 13.2. The first-order valence-corrected chi connectivity index (χ1v) is 5.66. The van der Waals surface area contributed by atoms with Crippen molar-refractivity contribution in [1.82, 2.24) is 0 Å². The van der Waals surface area contributed by atoms with E-state index in [1.165, 1.54) is 6.07 Å². The van der Waals surface area contributed by atoms with Crippen LogP contribution in [0.5, 0.6) is 5.75 Å². The molecule has 6 nitrogen and oxygen atoms in total. The molecule has 1 aromatic rings. The fraction of sp³-hybridized carbons (Fsp3) is 0.100. The maximum Gasteiger partial charge on any atom is 0.387 e. The van der Waals surface area contributed by atoms with E-state index in [1.807, 2.05) is 0 Å². The molecule has 0 aliphatic heterocycles. The molecule has 1 rings (SSSR count). The van der Waals surface area contributed by atoms with Gasteiger partial charge in [0.2, 0.25) is 5.71 Å². The third kappa shape index (κ3) is 4.13. The number of nitrogens with two attached hydrogens (primary N) is 1. The molecule has 0 saturated heterocycles. The largest absolute Gasteiger partial charge is 0.431 e. The Morgan fingerprint density at radius 1 is 1.55 bits per heavy atom. The number of hydrazone groups is 1. The van der Waals surface area contributed by atoms with E-state index in [9.17, 15) is 13.2 Å². The number of ether oxygens (including phenoxy) is 1. The molecule has 0 aliphatic rings. The van der Waals surface area contributed by atoms with Crippen LogP contribution in [0.1, 0.15) is 0 Å². The Kier molecular flexibility index (Phi) is 5.33. The van der Waals surface area contributed by atoms with Crippen LogP contribution in [0, 0.1) is 22.6 Å². The number of nitrogens with zero attached hydrogens (tertiary/aromatic N) is 2. The summed E-state index contributed by atoms with van der Waals surface area (Å²) in [5.74, 6) is -1.78. The van der Waals surface area contributed by atoms with E-state index in [4.69, 9.17) is 16.4 Å². The Labute approximate surface area is 119 Å². The maximum absolute atomic E-state index is 13.2. The number of hydrogen-bond acceptors (Lipinski definition) is 5. The van der Waals surface area contributed by atoms with Gasteiger partial charge in [-0.25, -0.2) is 4.39 Å². The molecule has 106 valence electrons. The average Bonchev–Trinajstić information content (AvgIpc) is 2.33. The first kappa shape index (κ1) is 15.8. The van der Waals surface area contributed by atoms with Crippen molar-refractivity contribution >= 4 is 33.2 Å². The molecule has 0 bridgehead atoms. The smallest absolute Gasteiger partial charge is 0.387 e. The number of rotatable bonds is 5. The summed E-state index contributed by atoms with van der Waals surface area (Å²) in [6.45, 7) is -3.13. The molecule has 10 heteroatoms. The van der Waals surface area contributed by atoms with Crippen molar-refractivity contribution < 1.29 is 17.9 Å². The van der Waals surface area contributed by atoms with E-state index < -0.39 is 29.7 Å². The predicted octanol–water partition coefficient (Wildman–Crippen LogP) is 2.42. The van der Waals surface area contributed by atoms with E-state index in [2.05, 4.69) is 31.2 Å². The van der Waals surface area contributed by atoms with Gasteiger partial charge in [0.05, 0.1) is 4.47 Å². The molecule has 0 amide bonds. The van der Waals surface area contributed by atoms with E-state index in [-0.39, 0.29) is 10.2 Å². The van der Waals surface area contributed by atoms with Crippen LogP contribution in [0.15, 0.2) is 21.7 Å². The second-order valence-electron chi connectivity index (χ2n) is 3.24. The molecule has 0 atom stereocenters. The highest BCUT2D eigenvalue weighted by molar-refractivity contribution is 9.10. The molecule has 0 spiro atoms. The Bertz CT molecular complexity index is 599. The van der Waals surface area contributed by atoms with Crippen LogP contribution in [0.2, 0.25) is 0 Å². The molecular formula is C10H7BrF3N5O. The number of halogens is 4. The predicted molar refractivity (Wildman–Crippen MR) is 69.3 cm³/mol. The molecule has 4 N–H and O–H groups in total. The zero-order valence-corrected chi connectivity index (χ0v) is 11.2. The normalized spacial score (nSPS) is 11.1. The molecular weight excluding hydrogens is 343 g/mol. The third-order valence-electron chi connectivity index (χ3n) is 1.86. The number of nitrogens with one attached hydrogen (secondary N) is 2. The summed E-state index contributed by atoms with van der Waals surface area (Å²) < 4.78 is 41.9. The van der Waals surface area contributed by atoms with Crippen LogP contribution in [0.25, 0.3) is 0 Å². The van der Waals surface area contributed by atoms with Gasteiger partial charge in [-0.05, 0) is 22.0 Å². The standard InChI is InChI=1S/C10H7BrF3N5O/c11-5-1-4(12)2-6(8(5)20-10(13)14)18-19-7(3-15)9(16)17/h1-2,10,18H,(H3,16,17)/b19-7+. The topological polar surface area (TPSA) is 107 Å². The van der Waals surface area contributed by atoms with Crippen molar-refractivity contribution in [2.75, 3.05) is 5.43 Å². The van der Waals surface area contributed by atoms with Crippen LogP contribution in [0.3, 0.4) is 0 Å². The fourth-order valence-corrected chi connectivity index (χ4v) is 1.64. The van der Waals surface area contributed by atoms with Crippen molar-refractivity contribution in [3.8, 4) is 11.8 Å². The van der Waals surface area contributed by atoms with Crippen LogP contribution in [0.4, 0.5) is 18.9 Å². The summed E-state index contributed by atoms with van der Waals surface area (Å²) in [6.07, 6.45) is 0. The van der Waals surface area contributed by atoms with Crippen molar-refractivity contribution in [3.63, 3.8) is 0 Å². The quantitative estimate of drug-likeness (QED) is 0.431. The lowest BCUT2D eigenvalue weighted by atomic mass is 10.3. The second-order valence-corrected chi connectivity index (χ2v) is 4.09. The molecule has 0 fully saturated rings. The number of benzene rings is 1. The summed E-state index contributed by atoms with van der Waals surface area (Å²) >= 11 is 2.86. The Morgan fingerprint density at radius 3 is 2.70 bits per heavy atom. The summed E-state index contributed by atoms with van der Waals surface area (Å²) in [4.78, 5) is 0. The zero-order valence-electron chi connectivity index (χ0n) is 9.62. The van der Waals surface area contributed by atoms with Gasteiger partial charge in [-0.3, -0.25) is 10.8 Å². The summed E-state index contributed by atoms with van der Waals surface area (Å²) in [5, 5.41) is 19.0. The van der Waals surface area contributed by atoms with Gasteiger partial charge < -0.3 is 10.5 Å². The third-order valence-corrected chi connectivity index (χ3v) is 2.45. The molecule has 0 radical (unpaired) electrons. The lowest BCUT2D eigenvalue weighted by Gasteiger charge is -2.12. The molecule has 0 unspecified atom stereocenters. The van der Waals surface area contributed by atoms with Gasteiger partial charge in [-0.2, -0.15) is 19.1 Å². The Balaban J connectivity index is 3.17. The van der Waals surface area contributed by atoms with Crippen LogP contribution >= 0.6 is 15.9 Å². The zero-order chi connectivity index (χ0) is 15.3. The van der Waals surface area contributed by atoms with E-state index in [0.717, 1.165) is 12.1 Å². The number of anilines is 1. The van der Waals surface area contributed by atoms with Gasteiger partial charge >= 0.3 is 6.61 Å². The number of alkyl halides is 2. The first-order valence-electron chi connectivity index (χ1n) is 4.87. The van der Waals surface area contributed by atoms with Crippen molar-refractivity contribution in [2.45, 2.75) is 6.61 Å². The van der Waals surface area contributed by atoms with E-state index in [0.29, 0.717) is 0 Å². The monoisotopic (exact) mass is 349 g/mol. The summed E-state index contributed by atoms with van der Waals surface area (Å²) in [5.41, 5.74) is 6.44. The molecule has 0 aromatic heterocycles. The number of nitriles is 1. The molecule has 1 aromatic carbocycles. The highest BCUT2D eigenvalue weighted by Gasteiger charge is 2.15. The van der Waals surface area contributed by atoms with Gasteiger partial charge in [0.15, 0.2) is 11.6 Å². The van der Waals surface area contributed by atoms with Gasteiger partial charge in [0.25, 0.3) is 0 Å². The molecule has 0 saturated carbocycles. The molecule has 0 heterocycles. The lowest BCUT2D eigenvalue weighted by molar-refractivity contribution is -0.0499. The van der Waals surface area contributed by atoms with Crippen molar-refractivity contribution in [3.05, 3.63) is 22.4 Å². The second kappa shape index (κ2) is 6.76.